The van der Waals surface area contributed by atoms with Crippen molar-refractivity contribution in [3.8, 4) is 0 Å². The van der Waals surface area contributed by atoms with E-state index >= 15 is 0 Å². The van der Waals surface area contributed by atoms with Crippen molar-refractivity contribution < 1.29 is 28.5 Å². The molecule has 0 aliphatic rings. The Morgan fingerprint density at radius 3 is 1.36 bits per heavy atom. The molecule has 0 amide bonds. The monoisotopic (exact) mass is 425 g/mol. The topological polar surface area (TPSA) is 89.8 Å². The van der Waals surface area contributed by atoms with E-state index in [4.69, 9.17) is 24.0 Å². The largest absolute Gasteiger partial charge is 0.756 e. The van der Waals surface area contributed by atoms with Gasteiger partial charge in [0.1, 0.15) is 6.54 Å². The van der Waals surface area contributed by atoms with Gasteiger partial charge in [-0.25, -0.2) is 0 Å². The lowest BCUT2D eigenvalue weighted by Crippen LogP contribution is -2.37. The summed E-state index contributed by atoms with van der Waals surface area (Å²) in [5, 5.41) is 0. The van der Waals surface area contributed by atoms with Gasteiger partial charge in [-0.1, -0.05) is 90.4 Å². The molecule has 0 spiro atoms. The fourth-order valence-electron chi connectivity index (χ4n) is 2.84. The molecule has 0 aromatic carbocycles. The molecule has 2 N–H and O–H groups in total. The second kappa shape index (κ2) is 20.3. The fraction of sp³-hybridized carbons (Fsp3) is 1.00. The van der Waals surface area contributed by atoms with Crippen LogP contribution in [0.5, 0.6) is 0 Å². The van der Waals surface area contributed by atoms with Gasteiger partial charge >= 0.3 is 0 Å². The van der Waals surface area contributed by atoms with E-state index in [0.717, 1.165) is 24.2 Å². The summed E-state index contributed by atoms with van der Waals surface area (Å²) in [6.45, 7) is 5.26. The molecule has 172 valence electrons. The van der Waals surface area contributed by atoms with E-state index < -0.39 is 7.82 Å². The Hall–Kier alpha value is 0.0300. The van der Waals surface area contributed by atoms with Gasteiger partial charge in [-0.15, -0.1) is 0 Å². The van der Waals surface area contributed by atoms with Crippen LogP contribution in [0, 0.1) is 0 Å². The SMILES string of the molecule is CCCCCCCCCCCCCCCCOCC[N+](C)(C)C.O=P([O-])(O)O. The summed E-state index contributed by atoms with van der Waals surface area (Å²) in [5.41, 5.74) is 0. The summed E-state index contributed by atoms with van der Waals surface area (Å²) in [7, 11) is 1.77. The van der Waals surface area contributed by atoms with E-state index in [1.54, 1.807) is 0 Å². The summed E-state index contributed by atoms with van der Waals surface area (Å²) in [4.78, 5) is 22.9. The minimum atomic E-state index is -4.89. The van der Waals surface area contributed by atoms with Crippen molar-refractivity contribution in [2.75, 3.05) is 40.9 Å². The number of unbranched alkanes of at least 4 members (excludes halogenated alkanes) is 13. The van der Waals surface area contributed by atoms with Crippen molar-refractivity contribution in [3.63, 3.8) is 0 Å². The Labute approximate surface area is 174 Å². The van der Waals surface area contributed by atoms with Gasteiger partial charge in [-0.3, -0.25) is 4.57 Å². The second-order valence-corrected chi connectivity index (χ2v) is 9.69. The number of ether oxygens (including phenoxy) is 1. The highest BCUT2D eigenvalue weighted by atomic mass is 31.2. The molecule has 0 bridgehead atoms. The zero-order chi connectivity index (χ0) is 21.7. The molecule has 0 saturated heterocycles. The lowest BCUT2D eigenvalue weighted by atomic mass is 10.0. The van der Waals surface area contributed by atoms with Crippen LogP contribution >= 0.6 is 7.82 Å². The highest BCUT2D eigenvalue weighted by Crippen LogP contribution is 2.19. The predicted molar refractivity (Wildman–Crippen MR) is 116 cm³/mol. The maximum atomic E-state index is 8.77. The molecule has 0 radical (unpaired) electrons. The molecule has 0 aliphatic carbocycles. The standard InChI is InChI=1S/C21H46NO.H3O4P/c1-5-6-7-8-9-10-11-12-13-14-15-16-17-18-20-23-21-19-22(2,3)4;1-5(2,3)4/h5-21H2,1-4H3;(H3,1,2,3,4)/q+1;/p-1. The first-order chi connectivity index (χ1) is 13.1. The van der Waals surface area contributed by atoms with Gasteiger partial charge in [-0.2, -0.15) is 0 Å². The van der Waals surface area contributed by atoms with Crippen LogP contribution in [0.1, 0.15) is 96.8 Å². The Balaban J connectivity index is 0. The first kappa shape index (κ1) is 30.2. The van der Waals surface area contributed by atoms with Crippen molar-refractivity contribution in [3.05, 3.63) is 0 Å². The lowest BCUT2D eigenvalue weighted by molar-refractivity contribution is -0.870. The maximum absolute atomic E-state index is 8.77. The minimum absolute atomic E-state index is 0.905. The third-order valence-corrected chi connectivity index (χ3v) is 4.55. The van der Waals surface area contributed by atoms with Gasteiger partial charge in [0.25, 0.3) is 7.82 Å². The van der Waals surface area contributed by atoms with Crippen molar-refractivity contribution >= 4 is 7.82 Å². The number of likely N-dealkylation sites (N-methyl/N-ethyl adjacent to an activating group) is 1. The van der Waals surface area contributed by atoms with Crippen LogP contribution in [0.3, 0.4) is 0 Å². The molecule has 28 heavy (non-hydrogen) atoms. The van der Waals surface area contributed by atoms with Gasteiger partial charge in [0, 0.05) is 6.61 Å². The van der Waals surface area contributed by atoms with E-state index in [2.05, 4.69) is 28.1 Å². The molecular formula is C21H48NO5P. The highest BCUT2D eigenvalue weighted by Gasteiger charge is 2.05. The Morgan fingerprint density at radius 1 is 0.714 bits per heavy atom. The average Bonchev–Trinajstić information content (AvgIpc) is 2.55. The van der Waals surface area contributed by atoms with E-state index in [9.17, 15) is 0 Å². The van der Waals surface area contributed by atoms with E-state index in [-0.39, 0.29) is 0 Å². The molecular weight excluding hydrogens is 377 g/mol. The summed E-state index contributed by atoms with van der Waals surface area (Å²) in [6, 6.07) is 0. The number of rotatable bonds is 18. The van der Waals surface area contributed by atoms with Crippen LogP contribution in [-0.4, -0.2) is 55.2 Å². The van der Waals surface area contributed by atoms with Gasteiger partial charge in [0.2, 0.25) is 0 Å². The van der Waals surface area contributed by atoms with Crippen molar-refractivity contribution in [1.29, 1.82) is 0 Å². The number of quaternary nitrogens is 1. The molecule has 0 aromatic heterocycles. The van der Waals surface area contributed by atoms with Crippen LogP contribution < -0.4 is 4.89 Å². The molecule has 6 nitrogen and oxygen atoms in total. The molecule has 0 atom stereocenters. The molecule has 0 aromatic rings. The van der Waals surface area contributed by atoms with Crippen molar-refractivity contribution in [1.82, 2.24) is 0 Å². The zero-order valence-electron chi connectivity index (χ0n) is 19.0. The minimum Gasteiger partial charge on any atom is -0.756 e. The molecule has 0 fully saturated rings. The number of nitrogens with zero attached hydrogens (tertiary/aromatic N) is 1. The number of hydrogen-bond donors (Lipinski definition) is 2. The number of phosphoric acid groups is 1. The average molecular weight is 426 g/mol. The van der Waals surface area contributed by atoms with E-state index in [1.807, 2.05) is 0 Å². The smallest absolute Gasteiger partial charge is 0.262 e. The van der Waals surface area contributed by atoms with Gasteiger partial charge in [-0.05, 0) is 6.42 Å². The molecule has 0 unspecified atom stereocenters. The molecule has 7 heteroatoms. The molecule has 0 rings (SSSR count). The predicted octanol–water partition coefficient (Wildman–Crippen LogP) is 4.63. The third-order valence-electron chi connectivity index (χ3n) is 4.55. The van der Waals surface area contributed by atoms with Gasteiger partial charge in [0.05, 0.1) is 27.7 Å². The lowest BCUT2D eigenvalue weighted by Gasteiger charge is -2.23. The van der Waals surface area contributed by atoms with Gasteiger partial charge in [0.15, 0.2) is 0 Å². The quantitative estimate of drug-likeness (QED) is 0.190. The second-order valence-electron chi connectivity index (χ2n) is 8.71. The van der Waals surface area contributed by atoms with Crippen LogP contribution in [0.2, 0.25) is 0 Å². The Bertz CT molecular complexity index is 347. The van der Waals surface area contributed by atoms with E-state index in [1.165, 1.54) is 89.9 Å². The van der Waals surface area contributed by atoms with Crippen molar-refractivity contribution in [2.45, 2.75) is 96.8 Å². The molecule has 0 saturated carbocycles. The fourth-order valence-corrected chi connectivity index (χ4v) is 2.84. The first-order valence-electron chi connectivity index (χ1n) is 11.2. The highest BCUT2D eigenvalue weighted by molar-refractivity contribution is 7.43. The molecule has 0 heterocycles. The third kappa shape index (κ3) is 40.6. The van der Waals surface area contributed by atoms with Crippen LogP contribution in [-0.2, 0) is 9.30 Å². The zero-order valence-corrected chi connectivity index (χ0v) is 19.9. The Morgan fingerprint density at radius 2 is 1.04 bits per heavy atom. The summed E-state index contributed by atoms with van der Waals surface area (Å²) >= 11 is 0. The van der Waals surface area contributed by atoms with Crippen LogP contribution in [0.4, 0.5) is 0 Å². The van der Waals surface area contributed by atoms with Crippen LogP contribution in [0.15, 0.2) is 0 Å². The summed E-state index contributed by atoms with van der Waals surface area (Å²) in [5.74, 6) is 0. The van der Waals surface area contributed by atoms with Gasteiger partial charge < -0.3 is 23.9 Å². The first-order valence-corrected chi connectivity index (χ1v) is 12.7. The number of hydrogen-bond acceptors (Lipinski definition) is 3. The maximum Gasteiger partial charge on any atom is 0.262 e. The van der Waals surface area contributed by atoms with Crippen molar-refractivity contribution in [2.24, 2.45) is 0 Å². The molecule has 0 aliphatic heterocycles. The summed E-state index contributed by atoms with van der Waals surface area (Å²) < 4.78 is 15.5. The Kier molecular flexibility index (Phi) is 21.9. The normalized spacial score (nSPS) is 12.0. The van der Waals surface area contributed by atoms with E-state index in [0.29, 0.717) is 0 Å². The summed E-state index contributed by atoms with van der Waals surface area (Å²) in [6.07, 6.45) is 19.9. The van der Waals surface area contributed by atoms with Crippen LogP contribution in [0.25, 0.3) is 0 Å².